The number of fused-ring (bicyclic) bond motifs is 1. The van der Waals surface area contributed by atoms with Crippen molar-refractivity contribution in [3.05, 3.63) is 23.7 Å². The van der Waals surface area contributed by atoms with Crippen LogP contribution in [0.25, 0.3) is 10.2 Å². The minimum Gasteiger partial charge on any atom is -0.374 e. The highest BCUT2D eigenvalue weighted by Gasteiger charge is 2.02. The molecule has 0 saturated carbocycles. The molecule has 2 aromatic rings. The molecule has 0 aliphatic carbocycles. The largest absolute Gasteiger partial charge is 0.374 e. The molecule has 0 atom stereocenters. The second kappa shape index (κ2) is 4.77. The molecule has 0 radical (unpaired) electrons. The van der Waals surface area contributed by atoms with Gasteiger partial charge in [-0.15, -0.1) is 11.3 Å². The van der Waals surface area contributed by atoms with Gasteiger partial charge in [0.25, 0.3) is 0 Å². The quantitative estimate of drug-likeness (QED) is 0.814. The molecule has 0 fully saturated rings. The van der Waals surface area contributed by atoms with Gasteiger partial charge in [0, 0.05) is 11.1 Å². The number of thiazole rings is 1. The van der Waals surface area contributed by atoms with Gasteiger partial charge in [-0.05, 0) is 39.0 Å². The van der Waals surface area contributed by atoms with Crippen LogP contribution in [0.4, 0.5) is 5.69 Å². The number of benzene rings is 1. The fourth-order valence-electron chi connectivity index (χ4n) is 1.42. The average Bonchev–Trinajstić information content (AvgIpc) is 2.70. The molecule has 0 amide bonds. The van der Waals surface area contributed by atoms with Crippen LogP contribution in [0.15, 0.2) is 23.7 Å². The van der Waals surface area contributed by atoms with Crippen LogP contribution in [0.5, 0.6) is 0 Å². The Kier molecular flexibility index (Phi) is 3.35. The van der Waals surface area contributed by atoms with E-state index in [9.17, 15) is 0 Å². The molecule has 0 aliphatic rings. The van der Waals surface area contributed by atoms with E-state index in [4.69, 9.17) is 0 Å². The van der Waals surface area contributed by atoms with Gasteiger partial charge in [0.05, 0.1) is 22.3 Å². The second-order valence-electron chi connectivity index (χ2n) is 4.94. The molecule has 0 spiro atoms. The Morgan fingerprint density at radius 2 is 2.18 bits per heavy atom. The van der Waals surface area contributed by atoms with Crippen molar-refractivity contribution in [2.75, 3.05) is 11.9 Å². The summed E-state index contributed by atoms with van der Waals surface area (Å²) in [7, 11) is 0. The molecule has 1 aromatic carbocycles. The molecule has 88 valence electrons. The van der Waals surface area contributed by atoms with E-state index < -0.39 is 0 Å². The lowest BCUT2D eigenvalue weighted by atomic mass is 9.98. The zero-order valence-electron chi connectivity index (χ0n) is 10.4. The molecule has 2 nitrogen and oxygen atoms in total. The van der Waals surface area contributed by atoms with Gasteiger partial charge in [0.2, 0.25) is 0 Å². The first-order valence-electron chi connectivity index (χ1n) is 5.62. The van der Waals surface area contributed by atoms with Crippen LogP contribution in [0.3, 0.4) is 0 Å². The topological polar surface area (TPSA) is 24.9 Å². The van der Waals surface area contributed by atoms with Crippen LogP contribution in [0, 0.1) is 17.3 Å². The molecule has 0 aliphatic heterocycles. The predicted molar refractivity (Wildman–Crippen MR) is 75.3 cm³/mol. The molecular formula is C14H16N2S. The summed E-state index contributed by atoms with van der Waals surface area (Å²) in [6.45, 7) is 7.03. The third kappa shape index (κ3) is 3.47. The van der Waals surface area contributed by atoms with Gasteiger partial charge in [-0.2, -0.15) is 0 Å². The van der Waals surface area contributed by atoms with Crippen LogP contribution >= 0.6 is 11.3 Å². The first-order valence-corrected chi connectivity index (χ1v) is 6.50. The highest BCUT2D eigenvalue weighted by Crippen LogP contribution is 2.21. The highest BCUT2D eigenvalue weighted by atomic mass is 32.1. The smallest absolute Gasteiger partial charge is 0.0813 e. The van der Waals surface area contributed by atoms with Gasteiger partial charge in [0.15, 0.2) is 0 Å². The van der Waals surface area contributed by atoms with Gasteiger partial charge in [-0.25, -0.2) is 4.98 Å². The SMILES string of the molecule is CC(C)(C)C#CCNc1ccc2ncsc2c1. The Hall–Kier alpha value is -1.53. The van der Waals surface area contributed by atoms with Crippen molar-refractivity contribution in [3.8, 4) is 11.8 Å². The van der Waals surface area contributed by atoms with Gasteiger partial charge < -0.3 is 5.32 Å². The third-order valence-electron chi connectivity index (χ3n) is 2.18. The highest BCUT2D eigenvalue weighted by molar-refractivity contribution is 7.16. The molecule has 1 N–H and O–H groups in total. The Labute approximate surface area is 106 Å². The first-order chi connectivity index (χ1) is 8.04. The van der Waals surface area contributed by atoms with Crippen molar-refractivity contribution < 1.29 is 0 Å². The summed E-state index contributed by atoms with van der Waals surface area (Å²) in [5.41, 5.74) is 4.10. The fourth-order valence-corrected chi connectivity index (χ4v) is 2.14. The Morgan fingerprint density at radius 3 is 2.94 bits per heavy atom. The van der Waals surface area contributed by atoms with E-state index in [1.165, 1.54) is 4.70 Å². The van der Waals surface area contributed by atoms with Gasteiger partial charge in [-0.3, -0.25) is 0 Å². The van der Waals surface area contributed by atoms with E-state index in [0.29, 0.717) is 6.54 Å². The molecule has 3 heteroatoms. The van der Waals surface area contributed by atoms with E-state index in [0.717, 1.165) is 11.2 Å². The van der Waals surface area contributed by atoms with E-state index in [1.807, 2.05) is 17.6 Å². The summed E-state index contributed by atoms with van der Waals surface area (Å²) in [6, 6.07) is 6.19. The van der Waals surface area contributed by atoms with Crippen LogP contribution in [-0.4, -0.2) is 11.5 Å². The van der Waals surface area contributed by atoms with Crippen molar-refractivity contribution in [2.24, 2.45) is 5.41 Å². The van der Waals surface area contributed by atoms with Crippen molar-refractivity contribution in [2.45, 2.75) is 20.8 Å². The van der Waals surface area contributed by atoms with Crippen molar-refractivity contribution in [3.63, 3.8) is 0 Å². The minimum absolute atomic E-state index is 0.0727. The maximum Gasteiger partial charge on any atom is 0.0813 e. The van der Waals surface area contributed by atoms with Gasteiger partial charge in [0.1, 0.15) is 0 Å². The third-order valence-corrected chi connectivity index (χ3v) is 2.97. The number of aromatic nitrogens is 1. The maximum atomic E-state index is 4.25. The number of rotatable bonds is 2. The molecule has 17 heavy (non-hydrogen) atoms. The summed E-state index contributed by atoms with van der Waals surface area (Å²) < 4.78 is 1.21. The zero-order valence-corrected chi connectivity index (χ0v) is 11.2. The molecule has 0 saturated heterocycles. The van der Waals surface area contributed by atoms with Gasteiger partial charge >= 0.3 is 0 Å². The second-order valence-corrected chi connectivity index (χ2v) is 5.83. The zero-order chi connectivity index (χ0) is 12.3. The van der Waals surface area contributed by atoms with Crippen molar-refractivity contribution in [1.29, 1.82) is 0 Å². The van der Waals surface area contributed by atoms with E-state index >= 15 is 0 Å². The molecule has 1 aromatic heterocycles. The lowest BCUT2D eigenvalue weighted by Gasteiger charge is -2.07. The Bertz CT molecular complexity index is 567. The number of nitrogens with zero attached hydrogens (tertiary/aromatic N) is 1. The molecule has 1 heterocycles. The molecular weight excluding hydrogens is 228 g/mol. The molecule has 2 rings (SSSR count). The van der Waals surface area contributed by atoms with E-state index in [2.05, 4.69) is 49.0 Å². The predicted octanol–water partition coefficient (Wildman–Crippen LogP) is 3.76. The lowest BCUT2D eigenvalue weighted by molar-refractivity contribution is 0.570. The average molecular weight is 244 g/mol. The lowest BCUT2D eigenvalue weighted by Crippen LogP contribution is -2.03. The summed E-state index contributed by atoms with van der Waals surface area (Å²) >= 11 is 1.66. The number of hydrogen-bond donors (Lipinski definition) is 1. The Morgan fingerprint density at radius 1 is 1.35 bits per heavy atom. The van der Waals surface area contributed by atoms with Crippen LogP contribution in [-0.2, 0) is 0 Å². The summed E-state index contributed by atoms with van der Waals surface area (Å²) in [5, 5.41) is 3.30. The van der Waals surface area contributed by atoms with E-state index in [-0.39, 0.29) is 5.41 Å². The summed E-state index contributed by atoms with van der Waals surface area (Å²) in [5.74, 6) is 6.34. The molecule has 0 bridgehead atoms. The van der Waals surface area contributed by atoms with E-state index in [1.54, 1.807) is 11.3 Å². The number of nitrogens with one attached hydrogen (secondary N) is 1. The number of anilines is 1. The number of hydrogen-bond acceptors (Lipinski definition) is 3. The Balaban J connectivity index is 2.01. The monoisotopic (exact) mass is 244 g/mol. The minimum atomic E-state index is 0.0727. The normalized spacial score (nSPS) is 11.0. The van der Waals surface area contributed by atoms with Crippen LogP contribution in [0.1, 0.15) is 20.8 Å². The summed E-state index contributed by atoms with van der Waals surface area (Å²) in [4.78, 5) is 4.25. The first kappa shape index (κ1) is 11.9. The van der Waals surface area contributed by atoms with Crippen LogP contribution < -0.4 is 5.32 Å². The van der Waals surface area contributed by atoms with Crippen LogP contribution in [0.2, 0.25) is 0 Å². The maximum absolute atomic E-state index is 4.25. The van der Waals surface area contributed by atoms with Crippen molar-refractivity contribution >= 4 is 27.2 Å². The van der Waals surface area contributed by atoms with Crippen molar-refractivity contribution in [1.82, 2.24) is 4.98 Å². The fraction of sp³-hybridized carbons (Fsp3) is 0.357. The molecule has 0 unspecified atom stereocenters. The summed E-state index contributed by atoms with van der Waals surface area (Å²) in [6.07, 6.45) is 0. The standard InChI is InChI=1S/C14H16N2S/c1-14(2,3)7-4-8-15-11-5-6-12-13(9-11)17-10-16-12/h5-6,9-10,15H,8H2,1-3H3. The van der Waals surface area contributed by atoms with Gasteiger partial charge in [-0.1, -0.05) is 11.8 Å².